The standard InChI is InChI=1S/C65H71N3O15S/c1-8-60(69)78-39-18-12-10-16-37-76-54-30-26-51(27-31-54)63(72)81-49(5)24-22-47(3)46-80-58-35-34-56(44-53(58)45-66-68(36-41-75-43-42-74-7)65-67-57-20-14-15-21-59(57)84-65)83-62(71)48(4)23-25-50(6)82-64(73)52-28-32-55(33-29-52)77-38-17-11-13-19-40-79-61(70)9-2/h8-9,14-15,20-35,44-45H,1-6,10-13,16-19,36-43,46H2,7H3/b24-22-,25-23-,66-45+. The fraction of sp³-hybridized carbons (Fsp3) is 0.277. The lowest BCUT2D eigenvalue weighted by atomic mass is 10.2. The number of esters is 5. The van der Waals surface area contributed by atoms with E-state index in [1.165, 1.54) is 35.6 Å². The van der Waals surface area contributed by atoms with E-state index in [2.05, 4.69) is 39.5 Å². The molecule has 1 heterocycles. The van der Waals surface area contributed by atoms with Gasteiger partial charge in [0, 0.05) is 24.8 Å². The number of allylic oxidation sites excluding steroid dienone is 2. The molecule has 0 amide bonds. The molecule has 0 spiro atoms. The maximum absolute atomic E-state index is 13.4. The van der Waals surface area contributed by atoms with Crippen molar-refractivity contribution >= 4 is 62.7 Å². The first kappa shape index (κ1) is 65.6. The van der Waals surface area contributed by atoms with Crippen molar-refractivity contribution in [1.29, 1.82) is 0 Å². The molecular weight excluding hydrogens is 1090 g/mol. The Balaban J connectivity index is 1.17. The molecule has 84 heavy (non-hydrogen) atoms. The highest BCUT2D eigenvalue weighted by atomic mass is 32.1. The molecule has 0 fully saturated rings. The zero-order chi connectivity index (χ0) is 60.3. The number of unbranched alkanes of at least 4 members (excludes halogenated alkanes) is 6. The summed E-state index contributed by atoms with van der Waals surface area (Å²) >= 11 is 1.46. The van der Waals surface area contributed by atoms with Crippen molar-refractivity contribution < 1.29 is 71.3 Å². The Bertz CT molecular complexity index is 3110. The van der Waals surface area contributed by atoms with Gasteiger partial charge in [0.15, 0.2) is 0 Å². The number of aromatic nitrogens is 1. The molecule has 0 bridgehead atoms. The minimum Gasteiger partial charge on any atom is -0.494 e. The number of rotatable bonds is 40. The number of hydrazone groups is 1. The van der Waals surface area contributed by atoms with E-state index in [-0.39, 0.29) is 35.0 Å². The molecule has 1 aromatic heterocycles. The van der Waals surface area contributed by atoms with Crippen LogP contribution in [-0.2, 0) is 42.8 Å². The largest absolute Gasteiger partial charge is 0.494 e. The molecule has 4 aromatic carbocycles. The zero-order valence-electron chi connectivity index (χ0n) is 47.3. The maximum atomic E-state index is 13.4. The third kappa shape index (κ3) is 24.5. The zero-order valence-corrected chi connectivity index (χ0v) is 48.2. The van der Waals surface area contributed by atoms with Gasteiger partial charge in [0.05, 0.1) is 85.9 Å². The first-order valence-electron chi connectivity index (χ1n) is 27.1. The number of para-hydroxylation sites is 1. The van der Waals surface area contributed by atoms with E-state index < -0.39 is 29.8 Å². The Morgan fingerprint density at radius 3 is 1.70 bits per heavy atom. The number of carbonyl (C=O) groups excluding carboxylic acids is 5. The van der Waals surface area contributed by atoms with E-state index in [0.29, 0.717) is 91.9 Å². The van der Waals surface area contributed by atoms with Crippen LogP contribution in [0, 0.1) is 0 Å². The van der Waals surface area contributed by atoms with Crippen molar-refractivity contribution in [2.24, 2.45) is 5.10 Å². The van der Waals surface area contributed by atoms with Gasteiger partial charge in [0.2, 0.25) is 5.13 Å². The molecule has 19 heteroatoms. The summed E-state index contributed by atoms with van der Waals surface area (Å²) in [5, 5.41) is 7.12. The number of fused-ring (bicyclic) bond motifs is 1. The second-order valence-electron chi connectivity index (χ2n) is 18.2. The molecule has 0 aliphatic rings. The normalized spacial score (nSPS) is 11.0. The second kappa shape index (κ2) is 37.0. The van der Waals surface area contributed by atoms with Crippen LogP contribution in [-0.4, -0.2) is 108 Å². The van der Waals surface area contributed by atoms with Gasteiger partial charge in [-0.2, -0.15) is 5.10 Å². The minimum absolute atomic E-state index is 0.0176. The summed E-state index contributed by atoms with van der Waals surface area (Å²) in [4.78, 5) is 66.3. The van der Waals surface area contributed by atoms with Crippen molar-refractivity contribution in [2.75, 3.05) is 71.5 Å². The minimum atomic E-state index is -0.803. The number of carbonyl (C=O) groups is 5. The summed E-state index contributed by atoms with van der Waals surface area (Å²) in [5.41, 5.74) is 2.20. The average molecular weight is 1170 g/mol. The summed E-state index contributed by atoms with van der Waals surface area (Å²) in [7, 11) is 1.60. The van der Waals surface area contributed by atoms with E-state index in [9.17, 15) is 24.0 Å². The topological polar surface area (TPSA) is 206 Å². The van der Waals surface area contributed by atoms with Gasteiger partial charge in [-0.15, -0.1) is 0 Å². The third-order valence-electron chi connectivity index (χ3n) is 11.6. The van der Waals surface area contributed by atoms with Crippen LogP contribution in [0.4, 0.5) is 5.13 Å². The van der Waals surface area contributed by atoms with Crippen LogP contribution in [0.5, 0.6) is 23.0 Å². The SMILES string of the molecule is C=CC(=O)OCCCCCCOc1ccc(C(=O)OC(=C)/C=C\C(=C)COc2ccc(OC(=O)C(=C)/C=C\C(=C)OC(=O)c3ccc(OCCCCCCOC(=O)C=C)cc3)cc2/C=N/N(CCOCCOC)c2nc3ccccc3s2)cc1. The highest BCUT2D eigenvalue weighted by Gasteiger charge is 2.16. The molecule has 0 aliphatic heterocycles. The molecule has 5 aromatic rings. The number of benzene rings is 4. The van der Waals surface area contributed by atoms with Gasteiger partial charge in [-0.25, -0.2) is 34.0 Å². The summed E-state index contributed by atoms with van der Waals surface area (Å²) < 4.78 is 56.3. The lowest BCUT2D eigenvalue weighted by Gasteiger charge is -2.16. The monoisotopic (exact) mass is 1170 g/mol. The molecule has 0 N–H and O–H groups in total. The number of nitrogens with zero attached hydrogens (tertiary/aromatic N) is 3. The Kier molecular flexibility index (Phi) is 28.9. The second-order valence-corrected chi connectivity index (χ2v) is 19.2. The van der Waals surface area contributed by atoms with Crippen molar-refractivity contribution in [1.82, 2.24) is 4.98 Å². The predicted molar refractivity (Wildman–Crippen MR) is 324 cm³/mol. The Labute approximate surface area is 494 Å². The van der Waals surface area contributed by atoms with E-state index in [1.54, 1.807) is 85.1 Å². The van der Waals surface area contributed by atoms with Crippen molar-refractivity contribution in [3.63, 3.8) is 0 Å². The number of hydrogen-bond acceptors (Lipinski definition) is 19. The molecule has 5 rings (SSSR count). The Morgan fingerprint density at radius 2 is 1.14 bits per heavy atom. The van der Waals surface area contributed by atoms with Gasteiger partial charge in [0.25, 0.3) is 0 Å². The molecule has 0 saturated carbocycles. The average Bonchev–Trinajstić information content (AvgIpc) is 4.07. The fourth-order valence-corrected chi connectivity index (χ4v) is 8.09. The summed E-state index contributed by atoms with van der Waals surface area (Å²) in [5.74, 6) is -1.24. The number of thiazole rings is 1. The van der Waals surface area contributed by atoms with Gasteiger partial charge in [-0.1, -0.05) is 69.0 Å². The molecule has 0 atom stereocenters. The lowest BCUT2D eigenvalue weighted by Crippen LogP contribution is -2.23. The number of ether oxygens (including phenoxy) is 10. The smallest absolute Gasteiger partial charge is 0.343 e. The maximum Gasteiger partial charge on any atom is 0.343 e. The summed E-state index contributed by atoms with van der Waals surface area (Å²) in [6.45, 7) is 25.4. The van der Waals surface area contributed by atoms with Crippen LogP contribution >= 0.6 is 11.3 Å². The molecule has 0 saturated heterocycles. The van der Waals surface area contributed by atoms with Crippen LogP contribution in [0.2, 0.25) is 0 Å². The molecule has 0 unspecified atom stereocenters. The van der Waals surface area contributed by atoms with E-state index in [0.717, 1.165) is 73.7 Å². The molecular formula is C65H71N3O15S. The van der Waals surface area contributed by atoms with Crippen molar-refractivity contribution in [3.05, 3.63) is 206 Å². The summed E-state index contributed by atoms with van der Waals surface area (Å²) in [6, 6.07) is 25.5. The fourth-order valence-electron chi connectivity index (χ4n) is 7.14. The van der Waals surface area contributed by atoms with Gasteiger partial charge < -0.3 is 47.4 Å². The van der Waals surface area contributed by atoms with Crippen LogP contribution in [0.25, 0.3) is 10.2 Å². The third-order valence-corrected chi connectivity index (χ3v) is 12.7. The van der Waals surface area contributed by atoms with Crippen LogP contribution < -0.4 is 24.0 Å². The van der Waals surface area contributed by atoms with Crippen molar-refractivity contribution in [3.8, 4) is 23.0 Å². The van der Waals surface area contributed by atoms with E-state index >= 15 is 0 Å². The van der Waals surface area contributed by atoms with Crippen LogP contribution in [0.15, 0.2) is 195 Å². The number of anilines is 1. The first-order valence-corrected chi connectivity index (χ1v) is 27.9. The van der Waals surface area contributed by atoms with Crippen LogP contribution in [0.3, 0.4) is 0 Å². The van der Waals surface area contributed by atoms with Gasteiger partial charge in [-0.3, -0.25) is 0 Å². The van der Waals surface area contributed by atoms with Gasteiger partial charge in [0.1, 0.15) is 41.1 Å². The van der Waals surface area contributed by atoms with Gasteiger partial charge in [-0.05, 0) is 154 Å². The molecule has 0 aliphatic carbocycles. The number of hydrogen-bond donors (Lipinski definition) is 0. The van der Waals surface area contributed by atoms with Gasteiger partial charge >= 0.3 is 29.8 Å². The highest BCUT2D eigenvalue weighted by Crippen LogP contribution is 2.30. The number of methoxy groups -OCH3 is 1. The molecule has 442 valence electrons. The quantitative estimate of drug-likeness (QED) is 0.00411. The van der Waals surface area contributed by atoms with E-state index in [4.69, 9.17) is 57.5 Å². The Morgan fingerprint density at radius 1 is 0.595 bits per heavy atom. The predicted octanol–water partition coefficient (Wildman–Crippen LogP) is 12.4. The van der Waals surface area contributed by atoms with Crippen LogP contribution in [0.1, 0.15) is 77.6 Å². The van der Waals surface area contributed by atoms with Crippen molar-refractivity contribution in [2.45, 2.75) is 51.4 Å². The molecule has 18 nitrogen and oxygen atoms in total. The first-order chi connectivity index (χ1) is 40.7. The summed E-state index contributed by atoms with van der Waals surface area (Å²) in [6.07, 6.45) is 16.3. The lowest BCUT2D eigenvalue weighted by molar-refractivity contribution is -0.138. The molecule has 0 radical (unpaired) electrons. The highest BCUT2D eigenvalue weighted by molar-refractivity contribution is 7.22. The Hall–Kier alpha value is -9.17. The van der Waals surface area contributed by atoms with E-state index in [1.807, 2.05) is 24.3 Å².